The van der Waals surface area contributed by atoms with Crippen molar-refractivity contribution in [1.29, 1.82) is 0 Å². The van der Waals surface area contributed by atoms with Crippen LogP contribution in [0.4, 0.5) is 13.2 Å². The lowest BCUT2D eigenvalue weighted by Gasteiger charge is -2.05. The third-order valence-electron chi connectivity index (χ3n) is 2.31. The molecule has 0 N–H and O–H groups in total. The topological polar surface area (TPSA) is 25.8 Å². The van der Waals surface area contributed by atoms with Crippen LogP contribution >= 0.6 is 0 Å². The van der Waals surface area contributed by atoms with E-state index in [0.717, 1.165) is 12.1 Å². The number of hydrogen-bond donors (Lipinski definition) is 0. The smallest absolute Gasteiger partial charge is 0.206 e. The van der Waals surface area contributed by atoms with E-state index < -0.39 is 17.8 Å². The van der Waals surface area contributed by atoms with E-state index in [2.05, 4.69) is 10.2 Å². The fourth-order valence-electron chi connectivity index (χ4n) is 1.51. The Kier molecular flexibility index (Phi) is 3.37. The lowest BCUT2D eigenvalue weighted by molar-refractivity contribution is 0.146. The molecule has 0 aliphatic rings. The molecule has 0 spiro atoms. The van der Waals surface area contributed by atoms with Gasteiger partial charge in [-0.3, -0.25) is 0 Å². The number of alkyl halides is 2. The van der Waals surface area contributed by atoms with Crippen LogP contribution in [0.3, 0.4) is 0 Å². The Labute approximate surface area is 96.1 Å². The van der Waals surface area contributed by atoms with Gasteiger partial charge in [-0.05, 0) is 29.8 Å². The Balaban J connectivity index is 2.26. The van der Waals surface area contributed by atoms with Crippen molar-refractivity contribution >= 4 is 0 Å². The maximum Gasteiger partial charge on any atom is 0.266 e. The lowest BCUT2D eigenvalue weighted by Crippen LogP contribution is -1.97. The number of benzene rings is 1. The molecule has 0 saturated heterocycles. The Bertz CT molecular complexity index is 500. The molecule has 0 amide bonds. The highest BCUT2D eigenvalue weighted by Gasteiger charge is 2.13. The zero-order valence-electron chi connectivity index (χ0n) is 8.78. The summed E-state index contributed by atoms with van der Waals surface area (Å²) in [5, 5.41) is 7.52. The van der Waals surface area contributed by atoms with Gasteiger partial charge in [-0.15, -0.1) is 0 Å². The molecule has 0 saturated carbocycles. The van der Waals surface area contributed by atoms with E-state index in [9.17, 15) is 13.2 Å². The van der Waals surface area contributed by atoms with E-state index >= 15 is 0 Å². The molecule has 17 heavy (non-hydrogen) atoms. The van der Waals surface area contributed by atoms with Gasteiger partial charge in [0, 0.05) is 12.6 Å². The number of rotatable bonds is 3. The van der Waals surface area contributed by atoms with Crippen LogP contribution in [0.25, 0.3) is 0 Å². The minimum Gasteiger partial charge on any atom is -0.206 e. The van der Waals surface area contributed by atoms with E-state index in [1.807, 2.05) is 0 Å². The summed E-state index contributed by atoms with van der Waals surface area (Å²) < 4.78 is 38.0. The predicted molar refractivity (Wildman–Crippen MR) is 56.2 cm³/mol. The minimum atomic E-state index is -2.81. The van der Waals surface area contributed by atoms with Crippen LogP contribution in [0.2, 0.25) is 0 Å². The van der Waals surface area contributed by atoms with Crippen molar-refractivity contribution in [1.82, 2.24) is 10.2 Å². The first-order valence-corrected chi connectivity index (χ1v) is 5.00. The SMILES string of the molecule is Fc1ccc(Cc2cccnn2)cc1C(F)F. The molecule has 1 heterocycles. The van der Waals surface area contributed by atoms with Crippen molar-refractivity contribution < 1.29 is 13.2 Å². The van der Waals surface area contributed by atoms with Crippen LogP contribution in [0.15, 0.2) is 36.5 Å². The molecule has 1 aromatic carbocycles. The van der Waals surface area contributed by atoms with Gasteiger partial charge in [-0.2, -0.15) is 10.2 Å². The standard InChI is InChI=1S/C12H9F3N2/c13-11-4-3-8(7-10(11)12(14)15)6-9-2-1-5-16-17-9/h1-5,7,12H,6H2. The quantitative estimate of drug-likeness (QED) is 0.820. The summed E-state index contributed by atoms with van der Waals surface area (Å²) in [6.07, 6.45) is -0.927. The van der Waals surface area contributed by atoms with Gasteiger partial charge in [0.2, 0.25) is 0 Å². The first-order valence-electron chi connectivity index (χ1n) is 5.00. The molecule has 0 radical (unpaired) electrons. The summed E-state index contributed by atoms with van der Waals surface area (Å²) in [6.45, 7) is 0. The molecular weight excluding hydrogens is 229 g/mol. The maximum atomic E-state index is 13.1. The molecule has 1 aromatic heterocycles. The zero-order valence-corrected chi connectivity index (χ0v) is 8.78. The van der Waals surface area contributed by atoms with E-state index in [4.69, 9.17) is 0 Å². The van der Waals surface area contributed by atoms with Gasteiger partial charge >= 0.3 is 0 Å². The summed E-state index contributed by atoms with van der Waals surface area (Å²) >= 11 is 0. The van der Waals surface area contributed by atoms with Crippen molar-refractivity contribution in [2.24, 2.45) is 0 Å². The molecule has 5 heteroatoms. The fourth-order valence-corrected chi connectivity index (χ4v) is 1.51. The second kappa shape index (κ2) is 4.95. The Hall–Kier alpha value is -1.91. The van der Waals surface area contributed by atoms with Crippen LogP contribution in [-0.4, -0.2) is 10.2 Å². The minimum absolute atomic E-state index is 0.355. The van der Waals surface area contributed by atoms with Gasteiger partial charge in [0.15, 0.2) is 0 Å². The Morgan fingerprint density at radius 1 is 1.18 bits per heavy atom. The Morgan fingerprint density at radius 3 is 2.65 bits per heavy atom. The molecule has 2 nitrogen and oxygen atoms in total. The number of nitrogens with zero attached hydrogens (tertiary/aromatic N) is 2. The van der Waals surface area contributed by atoms with Crippen molar-refractivity contribution in [3.8, 4) is 0 Å². The van der Waals surface area contributed by atoms with Gasteiger partial charge in [-0.1, -0.05) is 6.07 Å². The van der Waals surface area contributed by atoms with E-state index in [1.165, 1.54) is 12.3 Å². The average molecular weight is 238 g/mol. The highest BCUT2D eigenvalue weighted by atomic mass is 19.3. The highest BCUT2D eigenvalue weighted by molar-refractivity contribution is 5.28. The third-order valence-corrected chi connectivity index (χ3v) is 2.31. The molecule has 0 bridgehead atoms. The molecule has 88 valence electrons. The second-order valence-corrected chi connectivity index (χ2v) is 3.55. The summed E-state index contributed by atoms with van der Waals surface area (Å²) in [6, 6.07) is 7.12. The third kappa shape index (κ3) is 2.81. The van der Waals surface area contributed by atoms with Crippen LogP contribution in [0.1, 0.15) is 23.2 Å². The number of aromatic nitrogens is 2. The summed E-state index contributed by atoms with van der Waals surface area (Å²) in [5.74, 6) is -0.886. The first kappa shape index (κ1) is 11.6. The largest absolute Gasteiger partial charge is 0.266 e. The zero-order chi connectivity index (χ0) is 12.3. The molecule has 2 rings (SSSR count). The summed E-state index contributed by atoms with van der Waals surface area (Å²) in [7, 11) is 0. The van der Waals surface area contributed by atoms with Crippen LogP contribution in [-0.2, 0) is 6.42 Å². The maximum absolute atomic E-state index is 13.1. The lowest BCUT2D eigenvalue weighted by atomic mass is 10.1. The molecule has 0 aliphatic heterocycles. The monoisotopic (exact) mass is 238 g/mol. The molecule has 2 aromatic rings. The van der Waals surface area contributed by atoms with E-state index in [-0.39, 0.29) is 0 Å². The van der Waals surface area contributed by atoms with E-state index in [0.29, 0.717) is 17.7 Å². The van der Waals surface area contributed by atoms with Crippen molar-refractivity contribution in [2.75, 3.05) is 0 Å². The molecular formula is C12H9F3N2. The van der Waals surface area contributed by atoms with Crippen molar-refractivity contribution in [3.63, 3.8) is 0 Å². The molecule has 0 fully saturated rings. The summed E-state index contributed by atoms with van der Waals surface area (Å²) in [5.41, 5.74) is 0.660. The second-order valence-electron chi connectivity index (χ2n) is 3.55. The molecule has 0 unspecified atom stereocenters. The average Bonchev–Trinajstić information content (AvgIpc) is 2.32. The number of halogens is 3. The molecule has 0 aliphatic carbocycles. The van der Waals surface area contributed by atoms with Gasteiger partial charge in [0.25, 0.3) is 6.43 Å². The number of hydrogen-bond acceptors (Lipinski definition) is 2. The van der Waals surface area contributed by atoms with E-state index in [1.54, 1.807) is 12.1 Å². The first-order chi connectivity index (χ1) is 8.16. The predicted octanol–water partition coefficient (Wildman–Crippen LogP) is 3.14. The Morgan fingerprint density at radius 2 is 2.00 bits per heavy atom. The molecule has 0 atom stereocenters. The normalized spacial score (nSPS) is 10.8. The van der Waals surface area contributed by atoms with Crippen LogP contribution in [0.5, 0.6) is 0 Å². The van der Waals surface area contributed by atoms with Crippen molar-refractivity contribution in [2.45, 2.75) is 12.8 Å². The van der Waals surface area contributed by atoms with Crippen LogP contribution in [0, 0.1) is 5.82 Å². The summed E-state index contributed by atoms with van der Waals surface area (Å²) in [4.78, 5) is 0. The van der Waals surface area contributed by atoms with Gasteiger partial charge in [0.1, 0.15) is 5.82 Å². The highest BCUT2D eigenvalue weighted by Crippen LogP contribution is 2.23. The van der Waals surface area contributed by atoms with Crippen LogP contribution < -0.4 is 0 Å². The fraction of sp³-hybridized carbons (Fsp3) is 0.167. The van der Waals surface area contributed by atoms with Gasteiger partial charge in [-0.25, -0.2) is 13.2 Å². The van der Waals surface area contributed by atoms with Gasteiger partial charge < -0.3 is 0 Å². The van der Waals surface area contributed by atoms with Crippen molar-refractivity contribution in [3.05, 3.63) is 59.2 Å². The van der Waals surface area contributed by atoms with Gasteiger partial charge in [0.05, 0.1) is 11.3 Å².